The van der Waals surface area contributed by atoms with Gasteiger partial charge in [-0.2, -0.15) is 0 Å². The average molecular weight is 661 g/mol. The molecule has 6 heteroatoms. The molecule has 0 aromatic carbocycles. The zero-order valence-corrected chi connectivity index (χ0v) is 30.5. The summed E-state index contributed by atoms with van der Waals surface area (Å²) in [4.78, 5) is 24.7. The Morgan fingerprint density at radius 2 is 0.681 bits per heavy atom. The lowest BCUT2D eigenvalue weighted by molar-refractivity contribution is -0.117. The second-order valence-electron chi connectivity index (χ2n) is 14.2. The van der Waals surface area contributed by atoms with Crippen LogP contribution in [0.1, 0.15) is 199 Å². The predicted molar refractivity (Wildman–Crippen MR) is 199 cm³/mol. The minimum atomic E-state index is -0.00322. The van der Waals surface area contributed by atoms with Gasteiger partial charge in [-0.25, -0.2) is 0 Å². The molecule has 1 saturated carbocycles. The van der Waals surface area contributed by atoms with Gasteiger partial charge in [0, 0.05) is 25.3 Å². The Labute approximate surface area is 290 Å². The van der Waals surface area contributed by atoms with Crippen LogP contribution >= 0.6 is 0 Å². The van der Waals surface area contributed by atoms with Crippen molar-refractivity contribution in [3.05, 3.63) is 24.3 Å². The van der Waals surface area contributed by atoms with Crippen LogP contribution in [0, 0.1) is 0 Å². The minimum Gasteiger partial charge on any atom is -0.396 e. The van der Waals surface area contributed by atoms with Gasteiger partial charge in [0.1, 0.15) is 0 Å². The van der Waals surface area contributed by atoms with Gasteiger partial charge in [-0.1, -0.05) is 153 Å². The van der Waals surface area contributed by atoms with Crippen molar-refractivity contribution in [2.75, 3.05) is 13.2 Å². The molecule has 1 aliphatic carbocycles. The van der Waals surface area contributed by atoms with Gasteiger partial charge < -0.3 is 20.8 Å². The summed E-state index contributed by atoms with van der Waals surface area (Å²) in [5.74, 6) is -0.00644. The molecule has 4 N–H and O–H groups in total. The van der Waals surface area contributed by atoms with E-state index >= 15 is 0 Å². The quantitative estimate of drug-likeness (QED) is 0.0408. The molecule has 47 heavy (non-hydrogen) atoms. The number of nitrogens with one attached hydrogen (secondary N) is 2. The van der Waals surface area contributed by atoms with Gasteiger partial charge in [0.15, 0.2) is 0 Å². The van der Waals surface area contributed by atoms with Crippen LogP contribution in [0.2, 0.25) is 0 Å². The fourth-order valence-corrected chi connectivity index (χ4v) is 6.76. The number of aliphatic hydroxyl groups is 2. The molecule has 0 aliphatic heterocycles. The molecule has 6 nitrogen and oxygen atoms in total. The molecule has 2 atom stereocenters. The smallest absolute Gasteiger partial charge is 0.243 e. The van der Waals surface area contributed by atoms with E-state index in [-0.39, 0.29) is 23.9 Å². The largest absolute Gasteiger partial charge is 0.396 e. The molecule has 1 rings (SSSR count). The Hall–Kier alpha value is -1.66. The summed E-state index contributed by atoms with van der Waals surface area (Å²) >= 11 is 0. The molecule has 0 spiro atoms. The monoisotopic (exact) mass is 661 g/mol. The number of amides is 2. The Morgan fingerprint density at radius 3 is 0.957 bits per heavy atom. The second kappa shape index (κ2) is 34.2. The van der Waals surface area contributed by atoms with Crippen molar-refractivity contribution in [1.29, 1.82) is 0 Å². The number of aliphatic hydroxyl groups excluding tert-OH is 2. The number of carbonyl (C=O) groups is 2. The minimum absolute atomic E-state index is 0.00322. The van der Waals surface area contributed by atoms with Crippen LogP contribution in [0.4, 0.5) is 0 Å². The van der Waals surface area contributed by atoms with E-state index in [1.54, 1.807) is 12.2 Å². The molecule has 1 aliphatic rings. The summed E-state index contributed by atoms with van der Waals surface area (Å²) in [6.45, 7) is 0.677. The zero-order valence-electron chi connectivity index (χ0n) is 30.5. The molecular weight excluding hydrogens is 584 g/mol. The highest BCUT2D eigenvalue weighted by Gasteiger charge is 2.26. The predicted octanol–water partition coefficient (Wildman–Crippen LogP) is 10.2. The van der Waals surface area contributed by atoms with E-state index in [2.05, 4.69) is 10.6 Å². The van der Waals surface area contributed by atoms with Gasteiger partial charge in [-0.15, -0.1) is 0 Å². The van der Waals surface area contributed by atoms with E-state index in [1.165, 1.54) is 141 Å². The van der Waals surface area contributed by atoms with Crippen molar-refractivity contribution < 1.29 is 19.8 Å². The van der Waals surface area contributed by atoms with Gasteiger partial charge in [-0.05, 0) is 69.9 Å². The normalized spacial score (nSPS) is 16.5. The maximum atomic E-state index is 12.3. The van der Waals surface area contributed by atoms with Crippen LogP contribution in [0.25, 0.3) is 0 Å². The lowest BCUT2D eigenvalue weighted by atomic mass is 10.0. The highest BCUT2D eigenvalue weighted by molar-refractivity contribution is 5.88. The Kier molecular flexibility index (Phi) is 31.6. The molecule has 1 fully saturated rings. The van der Waals surface area contributed by atoms with Gasteiger partial charge in [-0.3, -0.25) is 9.59 Å². The maximum Gasteiger partial charge on any atom is 0.243 e. The molecule has 0 aromatic rings. The number of unbranched alkanes of at least 4 members (excludes halogenated alkanes) is 26. The topological polar surface area (TPSA) is 98.7 Å². The second-order valence-corrected chi connectivity index (χ2v) is 14.2. The molecule has 0 heterocycles. The van der Waals surface area contributed by atoms with E-state index in [4.69, 9.17) is 10.2 Å². The standard InChI is InChI=1S/C41H76N2O4/c44-35-29-25-21-17-13-9-5-1-3-7-11-15-19-23-27-31-40(46)42-38-33-34-39(37-38)43-41(47)32-28-24-20-16-12-8-4-2-6-10-14-18-22-26-30-36-45/h27-28,31-32,38-39,44-45H,1-26,29-30,33-37H2,(H,42,46)(H,43,47)/t38-,39+. The van der Waals surface area contributed by atoms with Gasteiger partial charge >= 0.3 is 0 Å². The summed E-state index contributed by atoms with van der Waals surface area (Å²) in [5.41, 5.74) is 0. The van der Waals surface area contributed by atoms with E-state index in [1.807, 2.05) is 12.2 Å². The van der Waals surface area contributed by atoms with Crippen LogP contribution in [-0.4, -0.2) is 47.3 Å². The first-order valence-electron chi connectivity index (χ1n) is 20.3. The summed E-state index contributed by atoms with van der Waals surface area (Å²) in [6, 6.07) is 0.296. The fourth-order valence-electron chi connectivity index (χ4n) is 6.76. The lowest BCUT2D eigenvalue weighted by Crippen LogP contribution is -2.36. The molecule has 0 unspecified atom stereocenters. The zero-order chi connectivity index (χ0) is 33.9. The number of carbonyl (C=O) groups excluding carboxylic acids is 2. The summed E-state index contributed by atoms with van der Waals surface area (Å²) < 4.78 is 0. The van der Waals surface area contributed by atoms with Crippen molar-refractivity contribution in [3.63, 3.8) is 0 Å². The summed E-state index contributed by atoms with van der Waals surface area (Å²) in [7, 11) is 0. The maximum absolute atomic E-state index is 12.3. The highest BCUT2D eigenvalue weighted by atomic mass is 16.3. The van der Waals surface area contributed by atoms with Crippen molar-refractivity contribution in [2.24, 2.45) is 0 Å². The van der Waals surface area contributed by atoms with Crippen molar-refractivity contribution in [2.45, 2.75) is 211 Å². The SMILES string of the molecule is O=C(C=CCCCCCCCCCCCCCCCO)N[C@@H]1CC[C@H](NC(=O)C=CCCCCCCCCCCCCCCCO)C1. The van der Waals surface area contributed by atoms with Gasteiger partial charge in [0.2, 0.25) is 11.8 Å². The Bertz CT molecular complexity index is 707. The van der Waals surface area contributed by atoms with Crippen molar-refractivity contribution >= 4 is 11.8 Å². The summed E-state index contributed by atoms with van der Waals surface area (Å²) in [5, 5.41) is 23.9. The van der Waals surface area contributed by atoms with Crippen LogP contribution in [0.5, 0.6) is 0 Å². The van der Waals surface area contributed by atoms with E-state index in [9.17, 15) is 9.59 Å². The lowest BCUT2D eigenvalue weighted by Gasteiger charge is -2.13. The number of hydrogen-bond acceptors (Lipinski definition) is 4. The first kappa shape index (κ1) is 43.4. The third-order valence-electron chi connectivity index (χ3n) is 9.72. The van der Waals surface area contributed by atoms with Crippen molar-refractivity contribution in [1.82, 2.24) is 10.6 Å². The number of hydrogen-bond donors (Lipinski definition) is 4. The Morgan fingerprint density at radius 1 is 0.426 bits per heavy atom. The molecule has 0 aromatic heterocycles. The molecule has 0 radical (unpaired) electrons. The number of rotatable bonds is 34. The molecule has 0 bridgehead atoms. The first-order valence-corrected chi connectivity index (χ1v) is 20.3. The molecule has 0 saturated heterocycles. The Balaban J connectivity index is 1.90. The molecule has 2 amide bonds. The average Bonchev–Trinajstić information content (AvgIpc) is 3.50. The first-order chi connectivity index (χ1) is 23.2. The highest BCUT2D eigenvalue weighted by Crippen LogP contribution is 2.19. The van der Waals surface area contributed by atoms with Crippen LogP contribution in [0.3, 0.4) is 0 Å². The summed E-state index contributed by atoms with van der Waals surface area (Å²) in [6.07, 6.45) is 45.0. The third kappa shape index (κ3) is 30.2. The fraction of sp³-hybridized carbons (Fsp3) is 0.854. The van der Waals surface area contributed by atoms with E-state index in [0.717, 1.165) is 57.8 Å². The third-order valence-corrected chi connectivity index (χ3v) is 9.72. The van der Waals surface area contributed by atoms with Crippen LogP contribution < -0.4 is 10.6 Å². The van der Waals surface area contributed by atoms with Crippen LogP contribution in [0.15, 0.2) is 24.3 Å². The van der Waals surface area contributed by atoms with Crippen molar-refractivity contribution in [3.8, 4) is 0 Å². The van der Waals surface area contributed by atoms with E-state index in [0.29, 0.717) is 13.2 Å². The van der Waals surface area contributed by atoms with E-state index < -0.39 is 0 Å². The van der Waals surface area contributed by atoms with Crippen LogP contribution in [-0.2, 0) is 9.59 Å². The molecular formula is C41H76N2O4. The van der Waals surface area contributed by atoms with Gasteiger partial charge in [0.05, 0.1) is 0 Å². The molecule has 274 valence electrons. The number of allylic oxidation sites excluding steroid dienone is 2. The van der Waals surface area contributed by atoms with Gasteiger partial charge in [0.25, 0.3) is 0 Å².